The first-order valence-electron chi connectivity index (χ1n) is 8.89. The number of benzene rings is 2. The number of rotatable bonds is 2. The second-order valence-corrected chi connectivity index (χ2v) is 7.11. The van der Waals surface area contributed by atoms with E-state index >= 15 is 0 Å². The topological polar surface area (TPSA) is 43.9 Å². The van der Waals surface area contributed by atoms with Crippen LogP contribution in [0.1, 0.15) is 24.5 Å². The van der Waals surface area contributed by atoms with Gasteiger partial charge in [-0.2, -0.15) is 5.01 Å². The lowest BCUT2D eigenvalue weighted by Gasteiger charge is -2.36. The summed E-state index contributed by atoms with van der Waals surface area (Å²) in [6, 6.07) is 17.9. The van der Waals surface area contributed by atoms with Crippen LogP contribution >= 0.6 is 0 Å². The van der Waals surface area contributed by atoms with Gasteiger partial charge in [0.2, 0.25) is 5.91 Å². The van der Waals surface area contributed by atoms with Crippen molar-refractivity contribution >= 4 is 17.5 Å². The van der Waals surface area contributed by atoms with E-state index in [1.807, 2.05) is 77.5 Å². The van der Waals surface area contributed by atoms with E-state index in [0.717, 1.165) is 16.8 Å². The Balaban J connectivity index is 1.64. The highest BCUT2D eigenvalue weighted by Crippen LogP contribution is 2.51. The number of fused-ring (bicyclic) bond motifs is 4. The van der Waals surface area contributed by atoms with E-state index in [1.165, 1.54) is 0 Å². The Hall–Kier alpha value is -2.92. The molecule has 1 spiro atoms. The Morgan fingerprint density at radius 3 is 2.58 bits per heavy atom. The highest BCUT2D eigenvalue weighted by Gasteiger charge is 2.61. The predicted octanol–water partition coefficient (Wildman–Crippen LogP) is 2.79. The highest BCUT2D eigenvalue weighted by atomic mass is 16.2. The summed E-state index contributed by atoms with van der Waals surface area (Å²) in [5, 5.41) is 3.56. The van der Waals surface area contributed by atoms with Crippen LogP contribution in [-0.2, 0) is 21.7 Å². The van der Waals surface area contributed by atoms with Crippen molar-refractivity contribution in [3.05, 3.63) is 78.0 Å². The maximum Gasteiger partial charge on any atom is 0.258 e. The van der Waals surface area contributed by atoms with Gasteiger partial charge in [0.05, 0.1) is 12.2 Å². The van der Waals surface area contributed by atoms with Crippen molar-refractivity contribution in [1.82, 2.24) is 10.0 Å². The van der Waals surface area contributed by atoms with Crippen LogP contribution in [0.15, 0.2) is 66.9 Å². The predicted molar refractivity (Wildman–Crippen MR) is 97.7 cm³/mol. The van der Waals surface area contributed by atoms with Crippen molar-refractivity contribution in [1.29, 1.82) is 0 Å². The van der Waals surface area contributed by atoms with Crippen LogP contribution in [0.2, 0.25) is 0 Å². The fourth-order valence-corrected chi connectivity index (χ4v) is 4.46. The van der Waals surface area contributed by atoms with E-state index in [2.05, 4.69) is 0 Å². The number of carbonyl (C=O) groups excluding carboxylic acids is 2. The molecular weight excluding hydrogens is 326 g/mol. The van der Waals surface area contributed by atoms with E-state index in [9.17, 15) is 9.59 Å². The van der Waals surface area contributed by atoms with Crippen molar-refractivity contribution in [2.24, 2.45) is 0 Å². The Morgan fingerprint density at radius 1 is 1.04 bits per heavy atom. The molecule has 0 aliphatic carbocycles. The number of nitrogens with zero attached hydrogens (tertiary/aromatic N) is 3. The molecule has 0 bridgehead atoms. The van der Waals surface area contributed by atoms with Gasteiger partial charge in [-0.15, -0.1) is 0 Å². The molecule has 0 N–H and O–H groups in total. The van der Waals surface area contributed by atoms with Crippen LogP contribution in [0.25, 0.3) is 0 Å². The van der Waals surface area contributed by atoms with Gasteiger partial charge in [-0.25, -0.2) is 5.01 Å². The second-order valence-electron chi connectivity index (χ2n) is 7.11. The molecule has 0 saturated carbocycles. The molecule has 5 nitrogen and oxygen atoms in total. The average molecular weight is 345 g/mol. The standard InChI is InChI=1S/C21H19N3O2/c1-15-13-19(25)23-12-11-21(24(15)23)17-9-5-6-10-18(17)22(20(21)26)14-16-7-3-2-4-8-16/h2-12,15H,13-14H2,1H3. The fourth-order valence-electron chi connectivity index (χ4n) is 4.46. The molecule has 130 valence electrons. The molecule has 5 heteroatoms. The first-order chi connectivity index (χ1) is 12.6. The number of amides is 2. The summed E-state index contributed by atoms with van der Waals surface area (Å²) in [6.07, 6.45) is 4.07. The summed E-state index contributed by atoms with van der Waals surface area (Å²) in [5.74, 6) is 0.0419. The number of anilines is 1. The van der Waals surface area contributed by atoms with Gasteiger partial charge < -0.3 is 4.90 Å². The third-order valence-electron chi connectivity index (χ3n) is 5.55. The van der Waals surface area contributed by atoms with E-state index in [-0.39, 0.29) is 17.9 Å². The Labute approximate surface area is 152 Å². The van der Waals surface area contributed by atoms with E-state index in [4.69, 9.17) is 0 Å². The minimum Gasteiger partial charge on any atom is -0.305 e. The molecule has 1 fully saturated rings. The molecule has 3 aliphatic heterocycles. The van der Waals surface area contributed by atoms with Gasteiger partial charge in [-0.3, -0.25) is 9.59 Å². The van der Waals surface area contributed by atoms with Gasteiger partial charge in [-0.1, -0.05) is 48.5 Å². The second kappa shape index (κ2) is 5.29. The van der Waals surface area contributed by atoms with Crippen molar-refractivity contribution in [3.8, 4) is 0 Å². The number of hydrogen-bond donors (Lipinski definition) is 0. The van der Waals surface area contributed by atoms with Crippen LogP contribution in [0.5, 0.6) is 0 Å². The minimum absolute atomic E-state index is 0.00264. The Bertz CT molecular complexity index is 939. The van der Waals surface area contributed by atoms with Crippen LogP contribution in [0.4, 0.5) is 5.69 Å². The van der Waals surface area contributed by atoms with Gasteiger partial charge in [-0.05, 0) is 24.6 Å². The summed E-state index contributed by atoms with van der Waals surface area (Å²) in [6.45, 7) is 2.52. The fraction of sp³-hybridized carbons (Fsp3) is 0.238. The molecule has 2 amide bonds. The van der Waals surface area contributed by atoms with Crippen LogP contribution < -0.4 is 4.90 Å². The van der Waals surface area contributed by atoms with Crippen LogP contribution in [0, 0.1) is 0 Å². The molecule has 3 heterocycles. The van der Waals surface area contributed by atoms with Gasteiger partial charge >= 0.3 is 0 Å². The van der Waals surface area contributed by atoms with E-state index in [0.29, 0.717) is 13.0 Å². The van der Waals surface area contributed by atoms with Gasteiger partial charge in [0.25, 0.3) is 5.91 Å². The molecule has 5 rings (SSSR count). The third-order valence-corrected chi connectivity index (χ3v) is 5.55. The lowest BCUT2D eigenvalue weighted by molar-refractivity contribution is -0.143. The van der Waals surface area contributed by atoms with Crippen LogP contribution in [-0.4, -0.2) is 27.9 Å². The SMILES string of the molecule is CC1CC(=O)N2C=CC3(C(=O)N(Cc4ccccc4)c4ccccc43)N12. The molecule has 3 aliphatic rings. The van der Waals surface area contributed by atoms with E-state index in [1.54, 1.807) is 11.2 Å². The first kappa shape index (κ1) is 15.3. The lowest BCUT2D eigenvalue weighted by atomic mass is 9.90. The van der Waals surface area contributed by atoms with Crippen LogP contribution in [0.3, 0.4) is 0 Å². The molecule has 0 aromatic heterocycles. The number of hydrazine groups is 1. The Morgan fingerprint density at radius 2 is 1.77 bits per heavy atom. The van der Waals surface area contributed by atoms with Crippen molar-refractivity contribution < 1.29 is 9.59 Å². The smallest absolute Gasteiger partial charge is 0.258 e. The molecule has 0 radical (unpaired) electrons. The van der Waals surface area contributed by atoms with Gasteiger partial charge in [0.15, 0.2) is 5.54 Å². The van der Waals surface area contributed by atoms with Crippen molar-refractivity contribution in [2.75, 3.05) is 4.90 Å². The highest BCUT2D eigenvalue weighted by molar-refractivity contribution is 6.10. The average Bonchev–Trinajstić information content (AvgIpc) is 3.26. The van der Waals surface area contributed by atoms with Gasteiger partial charge in [0, 0.05) is 24.2 Å². The summed E-state index contributed by atoms with van der Waals surface area (Å²) < 4.78 is 0. The zero-order valence-electron chi connectivity index (χ0n) is 14.5. The van der Waals surface area contributed by atoms with Gasteiger partial charge in [0.1, 0.15) is 0 Å². The molecule has 1 saturated heterocycles. The molecule has 2 unspecified atom stereocenters. The maximum absolute atomic E-state index is 13.7. The summed E-state index contributed by atoms with van der Waals surface area (Å²) >= 11 is 0. The summed E-state index contributed by atoms with van der Waals surface area (Å²) in [5.41, 5.74) is 2.02. The number of para-hydroxylation sites is 1. The Kier molecular flexibility index (Phi) is 3.12. The van der Waals surface area contributed by atoms with Crippen molar-refractivity contribution in [2.45, 2.75) is 31.5 Å². The first-order valence-corrected chi connectivity index (χ1v) is 8.89. The summed E-state index contributed by atoms with van der Waals surface area (Å²) in [7, 11) is 0. The molecular formula is C21H19N3O2. The molecule has 26 heavy (non-hydrogen) atoms. The number of carbonyl (C=O) groups is 2. The molecule has 2 atom stereocenters. The molecule has 2 aromatic rings. The summed E-state index contributed by atoms with van der Waals surface area (Å²) in [4.78, 5) is 27.8. The maximum atomic E-state index is 13.7. The lowest BCUT2D eigenvalue weighted by Crippen LogP contribution is -2.54. The minimum atomic E-state index is -0.920. The quantitative estimate of drug-likeness (QED) is 0.841. The van der Waals surface area contributed by atoms with E-state index < -0.39 is 5.54 Å². The van der Waals surface area contributed by atoms with Crippen molar-refractivity contribution in [3.63, 3.8) is 0 Å². The molecule has 2 aromatic carbocycles. The number of hydrogen-bond acceptors (Lipinski definition) is 3. The normalized spacial score (nSPS) is 26.9. The zero-order chi connectivity index (χ0) is 17.9. The third kappa shape index (κ3) is 1.83. The largest absolute Gasteiger partial charge is 0.305 e. The zero-order valence-corrected chi connectivity index (χ0v) is 14.5. The monoisotopic (exact) mass is 345 g/mol.